The molecule has 0 unspecified atom stereocenters. The van der Waals surface area contributed by atoms with E-state index in [2.05, 4.69) is 0 Å². The summed E-state index contributed by atoms with van der Waals surface area (Å²) in [5.74, 6) is -3.71. The molecule has 0 radical (unpaired) electrons. The molecule has 0 saturated heterocycles. The highest BCUT2D eigenvalue weighted by atomic mass is 32.2. The molecule has 1 atom stereocenters. The summed E-state index contributed by atoms with van der Waals surface area (Å²) in [4.78, 5) is 51.2. The predicted molar refractivity (Wildman–Crippen MR) is 101 cm³/mol. The van der Waals surface area contributed by atoms with Crippen molar-refractivity contribution in [3.05, 3.63) is 47.2 Å². The van der Waals surface area contributed by atoms with E-state index < -0.39 is 34.3 Å². The molecule has 152 valence electrons. The average Bonchev–Trinajstić information content (AvgIpc) is 3.10. The van der Waals surface area contributed by atoms with Crippen molar-refractivity contribution in [1.29, 1.82) is 0 Å². The molecule has 0 saturated carbocycles. The van der Waals surface area contributed by atoms with Gasteiger partial charge in [-0.2, -0.15) is 0 Å². The number of thioether (sulfide) groups is 1. The van der Waals surface area contributed by atoms with Crippen LogP contribution in [0.5, 0.6) is 0 Å². The van der Waals surface area contributed by atoms with E-state index in [0.717, 1.165) is 40.2 Å². The minimum absolute atomic E-state index is 0.253. The Kier molecular flexibility index (Phi) is 5.38. The van der Waals surface area contributed by atoms with E-state index in [1.54, 1.807) is 24.3 Å². The van der Waals surface area contributed by atoms with Crippen molar-refractivity contribution >= 4 is 41.3 Å². The number of rotatable bonds is 4. The minimum Gasteiger partial charge on any atom is -0.466 e. The van der Waals surface area contributed by atoms with Crippen LogP contribution in [0, 0.1) is 0 Å². The molecule has 1 aromatic carbocycles. The molecule has 2 aliphatic heterocycles. The van der Waals surface area contributed by atoms with Crippen molar-refractivity contribution < 1.29 is 38.1 Å². The summed E-state index contributed by atoms with van der Waals surface area (Å²) in [6.07, 6.45) is 1.28. The quantitative estimate of drug-likeness (QED) is 0.521. The Balaban J connectivity index is 2.45. The van der Waals surface area contributed by atoms with Crippen molar-refractivity contribution in [3.8, 4) is 0 Å². The number of methoxy groups -OCH3 is 4. The van der Waals surface area contributed by atoms with E-state index in [1.165, 1.54) is 11.1 Å². The Labute approximate surface area is 170 Å². The first-order valence-corrected chi connectivity index (χ1v) is 9.06. The molecule has 2 aliphatic rings. The largest absolute Gasteiger partial charge is 0.466 e. The Hall–Kier alpha value is -3.27. The molecule has 1 aromatic rings. The van der Waals surface area contributed by atoms with Gasteiger partial charge in [0.2, 0.25) is 4.87 Å². The highest BCUT2D eigenvalue weighted by Gasteiger charge is 2.61. The van der Waals surface area contributed by atoms with Crippen LogP contribution in [-0.4, -0.2) is 57.2 Å². The topological polar surface area (TPSA) is 108 Å². The zero-order valence-corrected chi connectivity index (χ0v) is 16.8. The molecule has 0 amide bonds. The Morgan fingerprint density at radius 3 is 2.07 bits per heavy atom. The first-order valence-electron chi connectivity index (χ1n) is 8.25. The summed E-state index contributed by atoms with van der Waals surface area (Å²) in [6, 6.07) is 6.93. The van der Waals surface area contributed by atoms with E-state index in [4.69, 9.17) is 18.9 Å². The van der Waals surface area contributed by atoms with Gasteiger partial charge >= 0.3 is 23.9 Å². The molecule has 29 heavy (non-hydrogen) atoms. The average molecular weight is 419 g/mol. The third-order valence-corrected chi connectivity index (χ3v) is 5.91. The minimum atomic E-state index is -1.83. The molecule has 0 fully saturated rings. The number of anilines is 1. The third-order valence-electron chi connectivity index (χ3n) is 4.48. The first kappa shape index (κ1) is 20.5. The van der Waals surface area contributed by atoms with Crippen LogP contribution < -0.4 is 4.90 Å². The Morgan fingerprint density at radius 1 is 0.862 bits per heavy atom. The molecular weight excluding hydrogens is 402 g/mol. The number of ether oxygens (including phenoxy) is 4. The normalized spacial score (nSPS) is 19.6. The lowest BCUT2D eigenvalue weighted by Gasteiger charge is -2.39. The van der Waals surface area contributed by atoms with Crippen LogP contribution >= 0.6 is 11.8 Å². The zero-order chi connectivity index (χ0) is 21.3. The second-order valence-electron chi connectivity index (χ2n) is 5.84. The van der Waals surface area contributed by atoms with Gasteiger partial charge in [0, 0.05) is 11.1 Å². The lowest BCUT2D eigenvalue weighted by molar-refractivity contribution is -0.146. The molecule has 3 rings (SSSR count). The van der Waals surface area contributed by atoms with E-state index in [9.17, 15) is 19.2 Å². The highest BCUT2D eigenvalue weighted by molar-refractivity contribution is 8.02. The number of carbonyl (C=O) groups is 4. The van der Waals surface area contributed by atoms with Gasteiger partial charge in [-0.3, -0.25) is 0 Å². The smallest absolute Gasteiger partial charge is 0.348 e. The Morgan fingerprint density at radius 2 is 1.48 bits per heavy atom. The summed E-state index contributed by atoms with van der Waals surface area (Å²) in [6.45, 7) is 0. The SMILES string of the molecule is COC(=O)C1=CN2c3ccccc3S[C@]2(C(=O)OC)C(C(=O)OC)=C1C(=O)OC. The van der Waals surface area contributed by atoms with Crippen LogP contribution in [0.25, 0.3) is 0 Å². The molecule has 0 N–H and O–H groups in total. The molecular formula is C19H17NO8S. The van der Waals surface area contributed by atoms with E-state index >= 15 is 0 Å². The van der Waals surface area contributed by atoms with Crippen LogP contribution in [0.4, 0.5) is 5.69 Å². The maximum absolute atomic E-state index is 13.0. The van der Waals surface area contributed by atoms with Crippen LogP contribution in [-0.2, 0) is 38.1 Å². The van der Waals surface area contributed by atoms with Gasteiger partial charge in [0.25, 0.3) is 0 Å². The fourth-order valence-corrected chi connectivity index (χ4v) is 4.69. The fraction of sp³-hybridized carbons (Fsp3) is 0.263. The summed E-state index contributed by atoms with van der Waals surface area (Å²) < 4.78 is 19.4. The van der Waals surface area contributed by atoms with Gasteiger partial charge in [0.1, 0.15) is 5.57 Å². The van der Waals surface area contributed by atoms with E-state index in [0.29, 0.717) is 10.6 Å². The number of hydrogen-bond donors (Lipinski definition) is 0. The van der Waals surface area contributed by atoms with Crippen LogP contribution in [0.3, 0.4) is 0 Å². The summed E-state index contributed by atoms with van der Waals surface area (Å²) in [5.41, 5.74) is -0.526. The maximum Gasteiger partial charge on any atom is 0.348 e. The number of fused-ring (bicyclic) bond motifs is 3. The monoisotopic (exact) mass is 419 g/mol. The standard InChI is InChI=1S/C19H17NO8S/c1-25-15(21)10-9-20-11-7-5-6-8-12(11)29-19(20,18(24)28-4)14(17(23)27-3)13(10)16(22)26-2/h5-9H,1-4H3/t19-/m0/s1. The summed E-state index contributed by atoms with van der Waals surface area (Å²) in [7, 11) is 4.48. The predicted octanol–water partition coefficient (Wildman–Crippen LogP) is 1.18. The second-order valence-corrected chi connectivity index (χ2v) is 7.08. The lowest BCUT2D eigenvalue weighted by Crippen LogP contribution is -2.55. The molecule has 9 nitrogen and oxygen atoms in total. The summed E-state index contributed by atoms with van der Waals surface area (Å²) >= 11 is 0.993. The van der Waals surface area contributed by atoms with Gasteiger partial charge < -0.3 is 23.8 Å². The van der Waals surface area contributed by atoms with Gasteiger partial charge in [-0.05, 0) is 12.1 Å². The number of benzene rings is 1. The van der Waals surface area contributed by atoms with Crippen LogP contribution in [0.1, 0.15) is 0 Å². The van der Waals surface area contributed by atoms with Crippen molar-refractivity contribution in [2.24, 2.45) is 0 Å². The van der Waals surface area contributed by atoms with Gasteiger partial charge in [-0.1, -0.05) is 23.9 Å². The lowest BCUT2D eigenvalue weighted by atomic mass is 9.89. The Bertz CT molecular complexity index is 982. The van der Waals surface area contributed by atoms with Crippen molar-refractivity contribution in [2.45, 2.75) is 9.77 Å². The first-order chi connectivity index (χ1) is 13.9. The van der Waals surface area contributed by atoms with Crippen LogP contribution in [0.2, 0.25) is 0 Å². The van der Waals surface area contributed by atoms with E-state index in [1.807, 2.05) is 0 Å². The third kappa shape index (κ3) is 2.87. The van der Waals surface area contributed by atoms with Gasteiger partial charge in [-0.15, -0.1) is 0 Å². The number of hydrogen-bond acceptors (Lipinski definition) is 10. The number of nitrogens with zero attached hydrogens (tertiary/aromatic N) is 1. The van der Waals surface area contributed by atoms with Crippen molar-refractivity contribution in [1.82, 2.24) is 0 Å². The zero-order valence-electron chi connectivity index (χ0n) is 16.0. The fourth-order valence-electron chi connectivity index (χ4n) is 3.25. The molecule has 0 aromatic heterocycles. The molecule has 0 spiro atoms. The van der Waals surface area contributed by atoms with Gasteiger partial charge in [0.15, 0.2) is 0 Å². The highest BCUT2D eigenvalue weighted by Crippen LogP contribution is 2.57. The molecule has 10 heteroatoms. The number of esters is 4. The van der Waals surface area contributed by atoms with E-state index in [-0.39, 0.29) is 11.1 Å². The van der Waals surface area contributed by atoms with Gasteiger partial charge in [0.05, 0.1) is 45.3 Å². The molecule has 0 aliphatic carbocycles. The van der Waals surface area contributed by atoms with Crippen molar-refractivity contribution in [3.63, 3.8) is 0 Å². The number of carbonyl (C=O) groups excluding carboxylic acids is 4. The van der Waals surface area contributed by atoms with Gasteiger partial charge in [-0.25, -0.2) is 19.2 Å². The number of para-hydroxylation sites is 1. The molecule has 0 bridgehead atoms. The maximum atomic E-state index is 13.0. The molecule has 2 heterocycles. The van der Waals surface area contributed by atoms with Crippen LogP contribution in [0.15, 0.2) is 52.1 Å². The second kappa shape index (κ2) is 7.63. The summed E-state index contributed by atoms with van der Waals surface area (Å²) in [5, 5.41) is 0. The van der Waals surface area contributed by atoms with Crippen molar-refractivity contribution in [2.75, 3.05) is 33.3 Å².